The maximum Gasteiger partial charge on any atom is 0.251 e. The molecule has 3 rings (SSSR count). The van der Waals surface area contributed by atoms with E-state index < -0.39 is 0 Å². The van der Waals surface area contributed by atoms with Gasteiger partial charge >= 0.3 is 0 Å². The Bertz CT molecular complexity index is 851. The number of aryl methyl sites for hydroxylation is 1. The largest absolute Gasteiger partial charge is 0.491 e. The van der Waals surface area contributed by atoms with Gasteiger partial charge in [0.05, 0.1) is 24.0 Å². The van der Waals surface area contributed by atoms with E-state index in [1.807, 2.05) is 61.7 Å². The molecule has 0 aliphatic rings. The number of carbonyl (C=O) groups excluding carboxylic acids is 1. The predicted octanol–water partition coefficient (Wildman–Crippen LogP) is 3.36. The number of pyridine rings is 1. The van der Waals surface area contributed by atoms with Crippen molar-refractivity contribution < 1.29 is 9.53 Å². The molecule has 0 fully saturated rings. The lowest BCUT2D eigenvalue weighted by Gasteiger charge is -2.10. The molecule has 0 bridgehead atoms. The number of hydrogen-bond acceptors (Lipinski definition) is 3. The molecular weight excluding hydrogens is 302 g/mol. The minimum atomic E-state index is -0.114. The first-order valence-electron chi connectivity index (χ1n) is 8.02. The molecule has 5 nitrogen and oxygen atoms in total. The van der Waals surface area contributed by atoms with Crippen LogP contribution in [0.3, 0.4) is 0 Å². The molecule has 0 aliphatic carbocycles. The summed E-state index contributed by atoms with van der Waals surface area (Å²) >= 11 is 0. The first kappa shape index (κ1) is 16.1. The van der Waals surface area contributed by atoms with Crippen molar-refractivity contribution in [2.45, 2.75) is 33.4 Å². The zero-order valence-electron chi connectivity index (χ0n) is 14.1. The van der Waals surface area contributed by atoms with E-state index in [9.17, 15) is 4.79 Å². The Balaban J connectivity index is 1.69. The molecular formula is C19H21N3O2. The average molecular weight is 323 g/mol. The number of amides is 1. The molecule has 2 aromatic heterocycles. The van der Waals surface area contributed by atoms with E-state index in [1.165, 1.54) is 0 Å². The summed E-state index contributed by atoms with van der Waals surface area (Å²) in [5.74, 6) is 0.649. The summed E-state index contributed by atoms with van der Waals surface area (Å²) in [4.78, 5) is 16.8. The summed E-state index contributed by atoms with van der Waals surface area (Å²) in [5.41, 5.74) is 3.40. The standard InChI is InChI=1S/C19H21N3O2/c1-13(2)24-16-9-7-15(8-10-16)19(23)20-12-17-14(3)21-18-6-4-5-11-22(17)18/h4-11,13H,12H2,1-3H3,(H,20,23). The highest BCUT2D eigenvalue weighted by Gasteiger charge is 2.11. The fourth-order valence-electron chi connectivity index (χ4n) is 2.60. The summed E-state index contributed by atoms with van der Waals surface area (Å²) in [6, 6.07) is 13.0. The molecule has 0 radical (unpaired) electrons. The minimum absolute atomic E-state index is 0.114. The van der Waals surface area contributed by atoms with Crippen LogP contribution in [0.4, 0.5) is 0 Å². The molecule has 0 unspecified atom stereocenters. The first-order valence-corrected chi connectivity index (χ1v) is 8.02. The topological polar surface area (TPSA) is 55.6 Å². The Morgan fingerprint density at radius 3 is 2.67 bits per heavy atom. The summed E-state index contributed by atoms with van der Waals surface area (Å²) in [6.07, 6.45) is 2.07. The number of imidazole rings is 1. The van der Waals surface area contributed by atoms with E-state index in [0.29, 0.717) is 12.1 Å². The lowest BCUT2D eigenvalue weighted by Crippen LogP contribution is -2.23. The van der Waals surface area contributed by atoms with Crippen LogP contribution in [0, 0.1) is 6.92 Å². The Morgan fingerprint density at radius 1 is 1.21 bits per heavy atom. The van der Waals surface area contributed by atoms with E-state index in [0.717, 1.165) is 22.8 Å². The van der Waals surface area contributed by atoms with Crippen LogP contribution in [0.2, 0.25) is 0 Å². The molecule has 2 heterocycles. The quantitative estimate of drug-likeness (QED) is 0.783. The second-order valence-electron chi connectivity index (χ2n) is 5.95. The molecule has 1 amide bonds. The van der Waals surface area contributed by atoms with Gasteiger partial charge in [0.15, 0.2) is 0 Å². The molecule has 0 atom stereocenters. The van der Waals surface area contributed by atoms with Gasteiger partial charge in [-0.25, -0.2) is 4.98 Å². The van der Waals surface area contributed by atoms with Gasteiger partial charge in [0.25, 0.3) is 5.91 Å². The molecule has 5 heteroatoms. The second-order valence-corrected chi connectivity index (χ2v) is 5.95. The Kier molecular flexibility index (Phi) is 4.51. The summed E-state index contributed by atoms with van der Waals surface area (Å²) < 4.78 is 7.58. The molecule has 1 N–H and O–H groups in total. The normalized spacial score (nSPS) is 11.0. The zero-order chi connectivity index (χ0) is 17.1. The highest BCUT2D eigenvalue weighted by molar-refractivity contribution is 5.94. The van der Waals surface area contributed by atoms with Gasteiger partial charge in [0.2, 0.25) is 0 Å². The highest BCUT2D eigenvalue weighted by atomic mass is 16.5. The van der Waals surface area contributed by atoms with Gasteiger partial charge in [-0.2, -0.15) is 0 Å². The van der Waals surface area contributed by atoms with Gasteiger partial charge in [-0.15, -0.1) is 0 Å². The van der Waals surface area contributed by atoms with Gasteiger partial charge in [0, 0.05) is 11.8 Å². The number of rotatable bonds is 5. The maximum absolute atomic E-state index is 12.3. The SMILES string of the molecule is Cc1nc2ccccn2c1CNC(=O)c1ccc(OC(C)C)cc1. The van der Waals surface area contributed by atoms with Crippen LogP contribution in [0.5, 0.6) is 5.75 Å². The number of nitrogens with zero attached hydrogens (tertiary/aromatic N) is 2. The van der Waals surface area contributed by atoms with Gasteiger partial charge in [-0.1, -0.05) is 6.07 Å². The number of fused-ring (bicyclic) bond motifs is 1. The third-order valence-corrected chi connectivity index (χ3v) is 3.73. The molecule has 124 valence electrons. The zero-order valence-corrected chi connectivity index (χ0v) is 14.1. The number of carbonyl (C=O) groups is 1. The average Bonchev–Trinajstić information content (AvgIpc) is 2.88. The van der Waals surface area contributed by atoms with E-state index in [-0.39, 0.29) is 12.0 Å². The predicted molar refractivity (Wildman–Crippen MR) is 93.3 cm³/mol. The van der Waals surface area contributed by atoms with Crippen LogP contribution in [0.15, 0.2) is 48.7 Å². The lowest BCUT2D eigenvalue weighted by atomic mass is 10.2. The van der Waals surface area contributed by atoms with E-state index in [4.69, 9.17) is 4.74 Å². The van der Waals surface area contributed by atoms with Crippen LogP contribution in [0.25, 0.3) is 5.65 Å². The van der Waals surface area contributed by atoms with Crippen molar-refractivity contribution >= 4 is 11.6 Å². The molecule has 1 aromatic carbocycles. The third-order valence-electron chi connectivity index (χ3n) is 3.73. The molecule has 0 aliphatic heterocycles. The Morgan fingerprint density at radius 2 is 1.96 bits per heavy atom. The van der Waals surface area contributed by atoms with Crippen molar-refractivity contribution in [3.05, 3.63) is 65.6 Å². The van der Waals surface area contributed by atoms with Crippen molar-refractivity contribution in [3.63, 3.8) is 0 Å². The van der Waals surface area contributed by atoms with Crippen LogP contribution >= 0.6 is 0 Å². The minimum Gasteiger partial charge on any atom is -0.491 e. The number of benzene rings is 1. The fraction of sp³-hybridized carbons (Fsp3) is 0.263. The van der Waals surface area contributed by atoms with Gasteiger partial charge in [0.1, 0.15) is 11.4 Å². The van der Waals surface area contributed by atoms with Crippen LogP contribution < -0.4 is 10.1 Å². The molecule has 0 spiro atoms. The van der Waals surface area contributed by atoms with Crippen LogP contribution in [-0.2, 0) is 6.54 Å². The number of aromatic nitrogens is 2. The van der Waals surface area contributed by atoms with E-state index in [2.05, 4.69) is 10.3 Å². The highest BCUT2D eigenvalue weighted by Crippen LogP contribution is 2.15. The lowest BCUT2D eigenvalue weighted by molar-refractivity contribution is 0.0950. The maximum atomic E-state index is 12.3. The first-order chi connectivity index (χ1) is 11.5. The van der Waals surface area contributed by atoms with E-state index in [1.54, 1.807) is 12.1 Å². The van der Waals surface area contributed by atoms with Crippen molar-refractivity contribution in [1.29, 1.82) is 0 Å². The van der Waals surface area contributed by atoms with Crippen molar-refractivity contribution in [2.24, 2.45) is 0 Å². The number of hydrogen-bond donors (Lipinski definition) is 1. The van der Waals surface area contributed by atoms with Crippen molar-refractivity contribution in [2.75, 3.05) is 0 Å². The number of nitrogens with one attached hydrogen (secondary N) is 1. The van der Waals surface area contributed by atoms with Crippen molar-refractivity contribution in [1.82, 2.24) is 14.7 Å². The summed E-state index contributed by atoms with van der Waals surface area (Å²) in [5, 5.41) is 2.95. The van der Waals surface area contributed by atoms with Gasteiger partial charge in [-0.3, -0.25) is 4.79 Å². The van der Waals surface area contributed by atoms with Gasteiger partial charge < -0.3 is 14.5 Å². The third kappa shape index (κ3) is 3.40. The molecule has 24 heavy (non-hydrogen) atoms. The van der Waals surface area contributed by atoms with Gasteiger partial charge in [-0.05, 0) is 57.2 Å². The summed E-state index contributed by atoms with van der Waals surface area (Å²) in [6.45, 7) is 6.32. The Labute approximate surface area is 141 Å². The monoisotopic (exact) mass is 323 g/mol. The molecule has 3 aromatic rings. The van der Waals surface area contributed by atoms with Crippen LogP contribution in [0.1, 0.15) is 35.6 Å². The van der Waals surface area contributed by atoms with E-state index >= 15 is 0 Å². The van der Waals surface area contributed by atoms with Crippen molar-refractivity contribution in [3.8, 4) is 5.75 Å². The Hall–Kier alpha value is -2.82. The summed E-state index contributed by atoms with van der Waals surface area (Å²) in [7, 11) is 0. The van der Waals surface area contributed by atoms with Crippen LogP contribution in [-0.4, -0.2) is 21.4 Å². The second kappa shape index (κ2) is 6.74. The molecule has 0 saturated heterocycles. The smallest absolute Gasteiger partial charge is 0.251 e. The molecule has 0 saturated carbocycles. The fourth-order valence-corrected chi connectivity index (χ4v) is 2.60. The number of ether oxygens (including phenoxy) is 1.